The van der Waals surface area contributed by atoms with Gasteiger partial charge in [-0.2, -0.15) is 0 Å². The van der Waals surface area contributed by atoms with E-state index in [0.717, 1.165) is 8.58 Å². The minimum atomic E-state index is -2.07. The Morgan fingerprint density at radius 2 is 0.972 bits per heavy atom. The number of hydrogen-bond donors (Lipinski definition) is 2. The van der Waals surface area contributed by atoms with Crippen LogP contribution in [0.5, 0.6) is 23.0 Å². The molecule has 396 valence electrons. The smallest absolute Gasteiger partial charge is 0.342 e. The van der Waals surface area contributed by atoms with Gasteiger partial charge in [0.2, 0.25) is 0 Å². The van der Waals surface area contributed by atoms with E-state index in [9.17, 15) is 19.8 Å². The number of methoxy groups -OCH3 is 4. The van der Waals surface area contributed by atoms with Crippen LogP contribution in [0.15, 0.2) is 60.7 Å². The van der Waals surface area contributed by atoms with Crippen molar-refractivity contribution in [2.75, 3.05) is 55.4 Å². The first-order chi connectivity index (χ1) is 33.4. The zero-order valence-electron chi connectivity index (χ0n) is 43.2. The van der Waals surface area contributed by atoms with Gasteiger partial charge in [0.1, 0.15) is 70.7 Å². The number of halogens is 2. The van der Waals surface area contributed by atoms with Gasteiger partial charge in [-0.05, 0) is 117 Å². The third-order valence-electron chi connectivity index (χ3n) is 11.6. The fourth-order valence-electron chi connectivity index (χ4n) is 7.69. The van der Waals surface area contributed by atoms with Crippen molar-refractivity contribution in [2.24, 2.45) is 0 Å². The van der Waals surface area contributed by atoms with Crippen LogP contribution in [0.3, 0.4) is 0 Å². The Balaban J connectivity index is 0.000000292. The summed E-state index contributed by atoms with van der Waals surface area (Å²) in [7, 11) is 6.98. The number of carbonyl (C=O) groups excluding carboxylic acids is 2. The molecule has 0 amide bonds. The maximum atomic E-state index is 15.4. The van der Waals surface area contributed by atoms with Gasteiger partial charge in [0.05, 0.1) is 26.4 Å². The average molecular weight is 1020 g/mol. The first kappa shape index (κ1) is 59.1. The van der Waals surface area contributed by atoms with Gasteiger partial charge >= 0.3 is 11.9 Å². The van der Waals surface area contributed by atoms with Crippen LogP contribution >= 0.6 is 8.58 Å². The number of rotatable bonds is 8. The van der Waals surface area contributed by atoms with E-state index >= 15 is 8.78 Å². The van der Waals surface area contributed by atoms with Gasteiger partial charge in [0.25, 0.3) is 0 Å². The van der Waals surface area contributed by atoms with Crippen LogP contribution in [-0.2, 0) is 37.9 Å². The summed E-state index contributed by atoms with van der Waals surface area (Å²) >= 11 is 0. The number of carbonyl (C=O) groups is 2. The van der Waals surface area contributed by atoms with E-state index in [1.807, 2.05) is 0 Å². The standard InChI is InChI=1S/2C25H33FO8.C2H7P/c2*1-15-25(4,26)11-10-18(27)22-19(33-24(2,3)34-22)9-7-8-16-12-17(30-6)13-20(31-14-29-5)21(16)23(28)32-15;1-3-2/h2*7-8,10-13,15,18-19,22,27H,9,14H2,1-6H3;3H,1-2H3/b2*8-7+,11-10-;/t2*15?,18?,19-,22?,25?;/m00./s1. The summed E-state index contributed by atoms with van der Waals surface area (Å²) in [4.78, 5) is 26.4. The number of cyclic esters (lactones) is 2. The molecule has 0 saturated carbocycles. The highest BCUT2D eigenvalue weighted by atomic mass is 31.1. The van der Waals surface area contributed by atoms with Crippen molar-refractivity contribution in [1.82, 2.24) is 0 Å². The predicted octanol–water partition coefficient (Wildman–Crippen LogP) is 8.54. The Labute approximate surface area is 418 Å². The van der Waals surface area contributed by atoms with E-state index in [-0.39, 0.29) is 36.2 Å². The molecule has 0 radical (unpaired) electrons. The number of aliphatic hydroxyl groups is 2. The largest absolute Gasteiger partial charge is 0.497 e. The highest BCUT2D eigenvalue weighted by Gasteiger charge is 2.46. The molecule has 2 aromatic carbocycles. The molecule has 2 fully saturated rings. The van der Waals surface area contributed by atoms with Crippen LogP contribution in [0.25, 0.3) is 12.2 Å². The van der Waals surface area contributed by atoms with E-state index in [1.165, 1.54) is 92.6 Å². The van der Waals surface area contributed by atoms with E-state index in [1.54, 1.807) is 64.1 Å². The minimum absolute atomic E-state index is 0.110. The number of hydrogen-bond acceptors (Lipinski definition) is 16. The van der Waals surface area contributed by atoms with E-state index in [2.05, 4.69) is 13.3 Å². The Kier molecular flexibility index (Phi) is 21.6. The molecule has 19 heteroatoms. The molecule has 6 rings (SSSR count). The summed E-state index contributed by atoms with van der Waals surface area (Å²) in [5.74, 6) is -2.12. The molecule has 4 aliphatic heterocycles. The summed E-state index contributed by atoms with van der Waals surface area (Å²) in [5, 5.41) is 21.4. The molecule has 4 aliphatic rings. The van der Waals surface area contributed by atoms with Crippen molar-refractivity contribution >= 4 is 32.7 Å². The van der Waals surface area contributed by atoms with Gasteiger partial charge in [-0.3, -0.25) is 0 Å². The van der Waals surface area contributed by atoms with Crippen LogP contribution < -0.4 is 18.9 Å². The number of alkyl halides is 2. The van der Waals surface area contributed by atoms with Crippen molar-refractivity contribution < 1.29 is 85.4 Å². The fourth-order valence-corrected chi connectivity index (χ4v) is 7.69. The van der Waals surface area contributed by atoms with Crippen molar-refractivity contribution in [3.63, 3.8) is 0 Å². The molecule has 2 saturated heterocycles. The monoisotopic (exact) mass is 1020 g/mol. The first-order valence-corrected chi connectivity index (χ1v) is 25.2. The molecule has 0 bridgehead atoms. The second-order valence-corrected chi connectivity index (χ2v) is 19.4. The molecule has 2 N–H and O–H groups in total. The summed E-state index contributed by atoms with van der Waals surface area (Å²) in [6.07, 6.45) is 5.73. The zero-order chi connectivity index (χ0) is 52.9. The summed E-state index contributed by atoms with van der Waals surface area (Å²) < 4.78 is 97.5. The van der Waals surface area contributed by atoms with Crippen molar-refractivity contribution in [1.29, 1.82) is 0 Å². The number of esters is 2. The molecule has 16 nitrogen and oxygen atoms in total. The van der Waals surface area contributed by atoms with Crippen molar-refractivity contribution in [3.05, 3.63) is 83.0 Å². The lowest BCUT2D eigenvalue weighted by molar-refractivity contribution is -0.152. The Morgan fingerprint density at radius 1 is 0.620 bits per heavy atom. The normalized spacial score (nSPS) is 32.0. The van der Waals surface area contributed by atoms with E-state index in [4.69, 9.17) is 56.8 Å². The maximum absolute atomic E-state index is 15.4. The van der Waals surface area contributed by atoms with E-state index in [0.29, 0.717) is 35.5 Å². The summed E-state index contributed by atoms with van der Waals surface area (Å²) in [6, 6.07) is 6.39. The average Bonchev–Trinajstić information content (AvgIpc) is 3.80. The molecule has 10 atom stereocenters. The molecular weight excluding hydrogens is 950 g/mol. The zero-order valence-corrected chi connectivity index (χ0v) is 44.2. The molecule has 8 unspecified atom stereocenters. The van der Waals surface area contributed by atoms with Gasteiger partial charge < -0.3 is 67.1 Å². The van der Waals surface area contributed by atoms with Crippen LogP contribution in [0.1, 0.15) is 100 Å². The third-order valence-corrected chi connectivity index (χ3v) is 11.6. The van der Waals surface area contributed by atoms with Gasteiger partial charge in [0.15, 0.2) is 36.5 Å². The number of ether oxygens (including phenoxy) is 12. The third kappa shape index (κ3) is 16.3. The lowest BCUT2D eigenvalue weighted by Crippen LogP contribution is -2.37. The highest BCUT2D eigenvalue weighted by molar-refractivity contribution is 7.35. The number of fused-ring (bicyclic) bond motifs is 4. The molecule has 4 heterocycles. The second-order valence-electron chi connectivity index (χ2n) is 18.4. The first-order valence-electron chi connectivity index (χ1n) is 23.2. The lowest BCUT2D eigenvalue weighted by Gasteiger charge is -2.26. The molecule has 0 aromatic heterocycles. The Bertz CT molecular complexity index is 2060. The van der Waals surface area contributed by atoms with Crippen LogP contribution in [0.4, 0.5) is 8.78 Å². The molecule has 2 aromatic rings. The molecule has 0 spiro atoms. The van der Waals surface area contributed by atoms with Crippen LogP contribution in [-0.4, -0.2) is 149 Å². The highest BCUT2D eigenvalue weighted by Crippen LogP contribution is 2.38. The van der Waals surface area contributed by atoms with Crippen molar-refractivity contribution in [2.45, 2.75) is 140 Å². The lowest BCUT2D eigenvalue weighted by atomic mass is 9.97. The fraction of sp³-hybridized carbons (Fsp3) is 0.577. The molecule has 0 aliphatic carbocycles. The topological polar surface area (TPSA) is 185 Å². The van der Waals surface area contributed by atoms with Crippen molar-refractivity contribution in [3.8, 4) is 23.0 Å². The summed E-state index contributed by atoms with van der Waals surface area (Å²) in [6.45, 7) is 16.5. The quantitative estimate of drug-likeness (QED) is 0.111. The predicted molar refractivity (Wildman–Crippen MR) is 265 cm³/mol. The number of benzene rings is 2. The Morgan fingerprint density at radius 3 is 1.30 bits per heavy atom. The van der Waals surface area contributed by atoms with E-state index < -0.39 is 83.7 Å². The van der Waals surface area contributed by atoms with Gasteiger partial charge in [-0.15, -0.1) is 8.58 Å². The second kappa shape index (κ2) is 25.9. The minimum Gasteiger partial charge on any atom is -0.497 e. The molecular formula is C52H73F2O16P. The van der Waals surface area contributed by atoms with Crippen LogP contribution in [0, 0.1) is 0 Å². The van der Waals surface area contributed by atoms with Crippen LogP contribution in [0.2, 0.25) is 0 Å². The summed E-state index contributed by atoms with van der Waals surface area (Å²) in [5.41, 5.74) is -3.02. The maximum Gasteiger partial charge on any atom is 0.342 e. The van der Waals surface area contributed by atoms with Gasteiger partial charge in [-0.25, -0.2) is 18.4 Å². The van der Waals surface area contributed by atoms with Gasteiger partial charge in [-0.1, -0.05) is 36.5 Å². The Hall–Kier alpha value is -4.49. The SMILES string of the molecule is COCOc1cc(OC)cc2c1C(=O)OC(C)C(C)(F)/C=C\C(O)C1OC(C)(C)O[C@H]1C/C=C/2.COCOc1cc(OC)cc2c1C(=O)OC(C)C(C)(F)/C=C\C(O)C1OC(C)(C)O[C@H]1C/C=C/2.CPC. The molecule has 71 heavy (non-hydrogen) atoms. The van der Waals surface area contributed by atoms with Gasteiger partial charge in [0, 0.05) is 26.4 Å². The number of aliphatic hydroxyl groups excluding tert-OH is 2.